The maximum Gasteiger partial charge on any atom is 0.261 e. The molecule has 20 heavy (non-hydrogen) atoms. The second-order valence-electron chi connectivity index (χ2n) is 4.78. The molecule has 0 aliphatic carbocycles. The number of amides is 1. The van der Waals surface area contributed by atoms with Crippen LogP contribution < -0.4 is 5.32 Å². The minimum atomic E-state index is -0.0133. The van der Waals surface area contributed by atoms with Crippen molar-refractivity contribution in [3.8, 4) is 0 Å². The Morgan fingerprint density at radius 2 is 1.85 bits per heavy atom. The molecule has 0 bridgehead atoms. The highest BCUT2D eigenvalue weighted by Crippen LogP contribution is 2.21. The standard InChI is InChI=1S/C17H15NOS/c1-12(18-17(19)16-7-4-10-20-16)14-9-8-13-5-2-3-6-15(13)11-14/h2-12H,1H3,(H,18,19). The lowest BCUT2D eigenvalue weighted by molar-refractivity contribution is 0.0944. The van der Waals surface area contributed by atoms with Crippen LogP contribution in [0.2, 0.25) is 0 Å². The first kappa shape index (κ1) is 12.9. The van der Waals surface area contributed by atoms with Gasteiger partial charge >= 0.3 is 0 Å². The molecule has 1 unspecified atom stereocenters. The highest BCUT2D eigenvalue weighted by atomic mass is 32.1. The van der Waals surface area contributed by atoms with E-state index in [1.807, 2.05) is 36.6 Å². The predicted octanol–water partition coefficient (Wildman–Crippen LogP) is 4.39. The predicted molar refractivity (Wildman–Crippen MR) is 84.1 cm³/mol. The Kier molecular flexibility index (Phi) is 3.52. The van der Waals surface area contributed by atoms with Gasteiger partial charge in [0.2, 0.25) is 0 Å². The molecule has 0 radical (unpaired) electrons. The fourth-order valence-electron chi connectivity index (χ4n) is 2.24. The van der Waals surface area contributed by atoms with Gasteiger partial charge in [0, 0.05) is 0 Å². The number of carbonyl (C=O) groups excluding carboxylic acids is 1. The van der Waals surface area contributed by atoms with Crippen molar-refractivity contribution in [3.63, 3.8) is 0 Å². The first-order chi connectivity index (χ1) is 9.74. The summed E-state index contributed by atoms with van der Waals surface area (Å²) in [6, 6.07) is 18.3. The Bertz CT molecular complexity index is 734. The summed E-state index contributed by atoms with van der Waals surface area (Å²) in [7, 11) is 0. The second-order valence-corrected chi connectivity index (χ2v) is 5.73. The molecule has 1 atom stereocenters. The van der Waals surface area contributed by atoms with Gasteiger partial charge in [0.25, 0.3) is 5.91 Å². The van der Waals surface area contributed by atoms with Gasteiger partial charge in [-0.15, -0.1) is 11.3 Å². The number of hydrogen-bond donors (Lipinski definition) is 1. The van der Waals surface area contributed by atoms with Crippen molar-refractivity contribution >= 4 is 28.0 Å². The third-order valence-electron chi connectivity index (χ3n) is 3.37. The molecule has 0 saturated heterocycles. The topological polar surface area (TPSA) is 29.1 Å². The summed E-state index contributed by atoms with van der Waals surface area (Å²) in [6.07, 6.45) is 0. The van der Waals surface area contributed by atoms with E-state index >= 15 is 0 Å². The van der Waals surface area contributed by atoms with Crippen molar-refractivity contribution in [1.29, 1.82) is 0 Å². The summed E-state index contributed by atoms with van der Waals surface area (Å²) >= 11 is 1.46. The molecule has 0 aliphatic heterocycles. The van der Waals surface area contributed by atoms with Crippen LogP contribution in [0.1, 0.15) is 28.2 Å². The third-order valence-corrected chi connectivity index (χ3v) is 4.23. The van der Waals surface area contributed by atoms with Crippen molar-refractivity contribution < 1.29 is 4.79 Å². The van der Waals surface area contributed by atoms with Gasteiger partial charge < -0.3 is 5.32 Å². The van der Waals surface area contributed by atoms with Crippen molar-refractivity contribution in [3.05, 3.63) is 70.4 Å². The van der Waals surface area contributed by atoms with Crippen LogP contribution in [0.25, 0.3) is 10.8 Å². The average molecular weight is 281 g/mol. The second kappa shape index (κ2) is 5.47. The van der Waals surface area contributed by atoms with Crippen LogP contribution in [0.15, 0.2) is 60.0 Å². The Balaban J connectivity index is 1.81. The fraction of sp³-hybridized carbons (Fsp3) is 0.118. The number of carbonyl (C=O) groups is 1. The van der Waals surface area contributed by atoms with Crippen LogP contribution >= 0.6 is 11.3 Å². The average Bonchev–Trinajstić information content (AvgIpc) is 3.01. The molecule has 2 nitrogen and oxygen atoms in total. The Hall–Kier alpha value is -2.13. The molecular formula is C17H15NOS. The van der Waals surface area contributed by atoms with E-state index in [0.717, 1.165) is 10.4 Å². The Morgan fingerprint density at radius 1 is 1.05 bits per heavy atom. The summed E-state index contributed by atoms with van der Waals surface area (Å²) in [5.74, 6) is -0.0133. The molecule has 1 amide bonds. The van der Waals surface area contributed by atoms with Gasteiger partial charge in [-0.1, -0.05) is 42.5 Å². The van der Waals surface area contributed by atoms with Gasteiger partial charge in [-0.2, -0.15) is 0 Å². The number of hydrogen-bond acceptors (Lipinski definition) is 2. The van der Waals surface area contributed by atoms with Gasteiger partial charge in [-0.3, -0.25) is 4.79 Å². The van der Waals surface area contributed by atoms with Crippen molar-refractivity contribution in [2.75, 3.05) is 0 Å². The first-order valence-corrected chi connectivity index (χ1v) is 7.45. The summed E-state index contributed by atoms with van der Waals surface area (Å²) < 4.78 is 0. The van der Waals surface area contributed by atoms with Crippen LogP contribution in [0.4, 0.5) is 0 Å². The molecule has 0 aliphatic rings. The number of thiophene rings is 1. The molecule has 0 saturated carbocycles. The summed E-state index contributed by atoms with van der Waals surface area (Å²) in [5.41, 5.74) is 1.12. The summed E-state index contributed by atoms with van der Waals surface area (Å²) in [4.78, 5) is 12.8. The van der Waals surface area contributed by atoms with Crippen LogP contribution in [-0.2, 0) is 0 Å². The van der Waals surface area contributed by atoms with Crippen molar-refractivity contribution in [2.24, 2.45) is 0 Å². The van der Waals surface area contributed by atoms with Gasteiger partial charge in [0.15, 0.2) is 0 Å². The van der Waals surface area contributed by atoms with E-state index in [1.165, 1.54) is 22.1 Å². The third kappa shape index (κ3) is 2.58. The lowest BCUT2D eigenvalue weighted by Crippen LogP contribution is -2.25. The molecule has 1 N–H and O–H groups in total. The maximum absolute atomic E-state index is 12.1. The molecule has 3 aromatic rings. The number of benzene rings is 2. The fourth-order valence-corrected chi connectivity index (χ4v) is 2.86. The van der Waals surface area contributed by atoms with Crippen molar-refractivity contribution in [2.45, 2.75) is 13.0 Å². The number of nitrogens with one attached hydrogen (secondary N) is 1. The van der Waals surface area contributed by atoms with E-state index in [0.29, 0.717) is 0 Å². The van der Waals surface area contributed by atoms with Crippen molar-refractivity contribution in [1.82, 2.24) is 5.32 Å². The smallest absolute Gasteiger partial charge is 0.261 e. The zero-order chi connectivity index (χ0) is 13.9. The minimum Gasteiger partial charge on any atom is -0.345 e. The molecule has 3 heteroatoms. The first-order valence-electron chi connectivity index (χ1n) is 6.57. The number of fused-ring (bicyclic) bond motifs is 1. The zero-order valence-electron chi connectivity index (χ0n) is 11.2. The normalized spacial score (nSPS) is 12.2. The molecular weight excluding hydrogens is 266 g/mol. The molecule has 1 aromatic heterocycles. The Labute approximate surface area is 122 Å². The molecule has 0 spiro atoms. The Morgan fingerprint density at radius 3 is 2.60 bits per heavy atom. The number of rotatable bonds is 3. The van der Waals surface area contributed by atoms with Crippen LogP contribution in [0.5, 0.6) is 0 Å². The van der Waals surface area contributed by atoms with Crippen LogP contribution in [0.3, 0.4) is 0 Å². The molecule has 1 heterocycles. The molecule has 3 rings (SSSR count). The highest BCUT2D eigenvalue weighted by Gasteiger charge is 2.12. The maximum atomic E-state index is 12.1. The molecule has 0 fully saturated rings. The van der Waals surface area contributed by atoms with E-state index < -0.39 is 0 Å². The highest BCUT2D eigenvalue weighted by molar-refractivity contribution is 7.12. The lowest BCUT2D eigenvalue weighted by Gasteiger charge is -2.14. The van der Waals surface area contributed by atoms with Gasteiger partial charge in [-0.05, 0) is 40.8 Å². The van der Waals surface area contributed by atoms with E-state index in [1.54, 1.807) is 0 Å². The van der Waals surface area contributed by atoms with Gasteiger partial charge in [-0.25, -0.2) is 0 Å². The largest absolute Gasteiger partial charge is 0.345 e. The zero-order valence-corrected chi connectivity index (χ0v) is 12.0. The van der Waals surface area contributed by atoms with E-state index in [4.69, 9.17) is 0 Å². The van der Waals surface area contributed by atoms with Crippen LogP contribution in [-0.4, -0.2) is 5.91 Å². The molecule has 100 valence electrons. The minimum absolute atomic E-state index is 0.00536. The summed E-state index contributed by atoms with van der Waals surface area (Å²) in [5, 5.41) is 7.36. The van der Waals surface area contributed by atoms with Gasteiger partial charge in [0.05, 0.1) is 10.9 Å². The SMILES string of the molecule is CC(NC(=O)c1cccs1)c1ccc2ccccc2c1. The molecule has 2 aromatic carbocycles. The summed E-state index contributed by atoms with van der Waals surface area (Å²) in [6.45, 7) is 2.01. The van der Waals surface area contributed by atoms with E-state index in [2.05, 4.69) is 35.6 Å². The van der Waals surface area contributed by atoms with Crippen LogP contribution in [0, 0.1) is 0 Å². The lowest BCUT2D eigenvalue weighted by atomic mass is 10.0. The monoisotopic (exact) mass is 281 g/mol. The van der Waals surface area contributed by atoms with E-state index in [9.17, 15) is 4.79 Å². The van der Waals surface area contributed by atoms with Gasteiger partial charge in [0.1, 0.15) is 0 Å². The van der Waals surface area contributed by atoms with E-state index in [-0.39, 0.29) is 11.9 Å². The quantitative estimate of drug-likeness (QED) is 0.758.